The highest BCUT2D eigenvalue weighted by atomic mass is 15.2. The molecule has 0 saturated carbocycles. The highest BCUT2D eigenvalue weighted by Crippen LogP contribution is 2.40. The fourth-order valence-electron chi connectivity index (χ4n) is 6.63. The number of nitrogens with zero attached hydrogens (tertiary/aromatic N) is 5. The summed E-state index contributed by atoms with van der Waals surface area (Å²) in [6.45, 7) is 6.75. The lowest BCUT2D eigenvalue weighted by Crippen LogP contribution is -2.12. The summed E-state index contributed by atoms with van der Waals surface area (Å²) in [6.07, 6.45) is 4.09. The summed E-state index contributed by atoms with van der Waals surface area (Å²) in [5, 5.41) is 2.42. The molecule has 0 aliphatic heterocycles. The first-order valence-corrected chi connectivity index (χ1v) is 15.8. The number of imidazole rings is 1. The van der Waals surface area contributed by atoms with Crippen molar-refractivity contribution in [3.8, 4) is 11.5 Å². The molecule has 8 aromatic rings. The van der Waals surface area contributed by atoms with E-state index in [1.54, 1.807) is 0 Å². The fraction of sp³-hybridized carbons (Fsp3) is 0.122. The summed E-state index contributed by atoms with van der Waals surface area (Å²) >= 11 is 0. The average Bonchev–Trinajstić information content (AvgIpc) is 3.60. The molecule has 3 aromatic heterocycles. The molecule has 0 unspecified atom stereocenters. The number of fused-ring (bicyclic) bond motifs is 4. The molecule has 46 heavy (non-hydrogen) atoms. The fourth-order valence-corrected chi connectivity index (χ4v) is 6.63. The third-order valence-electron chi connectivity index (χ3n) is 8.95. The van der Waals surface area contributed by atoms with Crippen LogP contribution in [0.3, 0.4) is 0 Å². The van der Waals surface area contributed by atoms with Crippen molar-refractivity contribution in [2.24, 2.45) is 7.05 Å². The molecule has 0 fully saturated rings. The number of aromatic nitrogens is 4. The van der Waals surface area contributed by atoms with Gasteiger partial charge in [-0.1, -0.05) is 63.2 Å². The maximum absolute atomic E-state index is 4.90. The third-order valence-corrected chi connectivity index (χ3v) is 8.95. The van der Waals surface area contributed by atoms with E-state index in [0.717, 1.165) is 39.6 Å². The molecule has 0 atom stereocenters. The molecule has 0 aliphatic carbocycles. The van der Waals surface area contributed by atoms with Crippen LogP contribution >= 0.6 is 0 Å². The number of anilines is 3. The summed E-state index contributed by atoms with van der Waals surface area (Å²) in [5.74, 6) is 0.927. The minimum atomic E-state index is 0.0127. The van der Waals surface area contributed by atoms with Gasteiger partial charge in [-0.2, -0.15) is 4.57 Å². The van der Waals surface area contributed by atoms with Crippen molar-refractivity contribution in [1.29, 1.82) is 0 Å². The molecule has 3 heterocycles. The van der Waals surface area contributed by atoms with Crippen LogP contribution in [0.25, 0.3) is 44.3 Å². The monoisotopic (exact) mass is 598 g/mol. The van der Waals surface area contributed by atoms with E-state index in [1.165, 1.54) is 27.4 Å². The van der Waals surface area contributed by atoms with Crippen molar-refractivity contribution in [3.05, 3.63) is 152 Å². The Labute approximate surface area is 269 Å². The maximum atomic E-state index is 4.90. The Bertz CT molecular complexity index is 2370. The van der Waals surface area contributed by atoms with Crippen LogP contribution in [-0.2, 0) is 12.5 Å². The second-order valence-electron chi connectivity index (χ2n) is 13.0. The second kappa shape index (κ2) is 10.7. The lowest BCUT2D eigenvalue weighted by atomic mass is 9.88. The molecule has 8 rings (SSSR count). The molecule has 0 radical (unpaired) electrons. The molecule has 0 aliphatic rings. The van der Waals surface area contributed by atoms with Gasteiger partial charge in [0.2, 0.25) is 0 Å². The number of para-hydroxylation sites is 4. The molecule has 0 saturated heterocycles. The van der Waals surface area contributed by atoms with Crippen LogP contribution in [0.15, 0.2) is 146 Å². The van der Waals surface area contributed by atoms with E-state index in [9.17, 15) is 0 Å². The van der Waals surface area contributed by atoms with Crippen molar-refractivity contribution >= 4 is 49.9 Å². The lowest BCUT2D eigenvalue weighted by molar-refractivity contribution is 0.588. The number of hydrogen-bond acceptors (Lipinski definition) is 2. The summed E-state index contributed by atoms with van der Waals surface area (Å²) in [7, 11) is 2.10. The minimum Gasteiger partial charge on any atom is -0.309 e. The molecule has 0 spiro atoms. The zero-order valence-electron chi connectivity index (χ0n) is 26.6. The minimum absolute atomic E-state index is 0.0127. The molecule has 5 nitrogen and oxygen atoms in total. The van der Waals surface area contributed by atoms with Gasteiger partial charge in [0.05, 0.1) is 16.7 Å². The zero-order valence-corrected chi connectivity index (χ0v) is 26.6. The Balaban J connectivity index is 1.35. The number of aryl methyl sites for hydroxylation is 1. The number of hydrogen-bond donors (Lipinski definition) is 0. The standard InChI is InChI=1S/C41H36N5/c1-41(2,3)29-23-24-42-40(25-29)46-36-18-9-8-17-34(36)35-22-21-33(27-39(35)46)45(30-13-6-5-7-14-30)32-16-12-15-31(26-32)44-28-43(4)37-19-10-11-20-38(37)44/h5-28H,1-4H3/q+1. The topological polar surface area (TPSA) is 30.9 Å². The van der Waals surface area contributed by atoms with Crippen molar-refractivity contribution in [2.45, 2.75) is 26.2 Å². The highest BCUT2D eigenvalue weighted by Gasteiger charge is 2.21. The van der Waals surface area contributed by atoms with Gasteiger partial charge >= 0.3 is 0 Å². The van der Waals surface area contributed by atoms with Crippen LogP contribution in [0.4, 0.5) is 17.1 Å². The van der Waals surface area contributed by atoms with E-state index >= 15 is 0 Å². The Hall–Kier alpha value is -5.68. The van der Waals surface area contributed by atoms with Gasteiger partial charge in [-0.15, -0.1) is 0 Å². The van der Waals surface area contributed by atoms with E-state index in [-0.39, 0.29) is 5.41 Å². The van der Waals surface area contributed by atoms with Gasteiger partial charge in [0.15, 0.2) is 17.4 Å². The van der Waals surface area contributed by atoms with E-state index in [4.69, 9.17) is 4.98 Å². The molecule has 5 heteroatoms. The molecule has 0 N–H and O–H groups in total. The number of rotatable bonds is 5. The van der Waals surface area contributed by atoms with Gasteiger partial charge < -0.3 is 4.90 Å². The maximum Gasteiger partial charge on any atom is 0.191 e. The van der Waals surface area contributed by atoms with Crippen LogP contribution in [-0.4, -0.2) is 18.7 Å². The number of benzene rings is 5. The van der Waals surface area contributed by atoms with Gasteiger partial charge in [-0.25, -0.2) is 9.55 Å². The lowest BCUT2D eigenvalue weighted by Gasteiger charge is -2.25. The van der Waals surface area contributed by atoms with Crippen LogP contribution in [0, 0.1) is 0 Å². The molecular formula is C41H36N5+. The van der Waals surface area contributed by atoms with Gasteiger partial charge in [-0.05, 0) is 77.7 Å². The smallest absolute Gasteiger partial charge is 0.191 e. The van der Waals surface area contributed by atoms with E-state index in [0.29, 0.717) is 0 Å². The molecular weight excluding hydrogens is 562 g/mol. The predicted molar refractivity (Wildman–Crippen MR) is 192 cm³/mol. The second-order valence-corrected chi connectivity index (χ2v) is 13.0. The highest BCUT2D eigenvalue weighted by molar-refractivity contribution is 6.10. The van der Waals surface area contributed by atoms with Gasteiger partial charge in [0, 0.05) is 59.7 Å². The number of pyridine rings is 1. The normalized spacial score (nSPS) is 11.9. The van der Waals surface area contributed by atoms with E-state index in [2.05, 4.69) is 186 Å². The van der Waals surface area contributed by atoms with Crippen molar-refractivity contribution in [3.63, 3.8) is 0 Å². The zero-order chi connectivity index (χ0) is 31.4. The van der Waals surface area contributed by atoms with E-state index in [1.807, 2.05) is 6.20 Å². The average molecular weight is 599 g/mol. The summed E-state index contributed by atoms with van der Waals surface area (Å²) in [6, 6.07) is 47.7. The van der Waals surface area contributed by atoms with Crippen molar-refractivity contribution in [2.75, 3.05) is 4.90 Å². The summed E-state index contributed by atoms with van der Waals surface area (Å²) in [4.78, 5) is 7.25. The van der Waals surface area contributed by atoms with Crippen molar-refractivity contribution in [1.82, 2.24) is 18.7 Å². The molecule has 0 amide bonds. The third kappa shape index (κ3) is 4.63. The molecule has 224 valence electrons. The largest absolute Gasteiger partial charge is 0.309 e. The first-order chi connectivity index (χ1) is 22.4. The van der Waals surface area contributed by atoms with Crippen LogP contribution in [0.1, 0.15) is 26.3 Å². The SMILES string of the molecule is Cn1[cH+]n(-c2cccc(N(c3ccccc3)c3ccc4c5ccccc5n(-c5cc(C(C)(C)C)ccn5)c4c3)c2)c2ccccc21. The first-order valence-electron chi connectivity index (χ1n) is 15.8. The molecule has 0 bridgehead atoms. The van der Waals surface area contributed by atoms with Crippen LogP contribution < -0.4 is 4.90 Å². The Morgan fingerprint density at radius 2 is 1.26 bits per heavy atom. The van der Waals surface area contributed by atoms with Crippen LogP contribution in [0.2, 0.25) is 0 Å². The predicted octanol–water partition coefficient (Wildman–Crippen LogP) is 10.5. The summed E-state index contributed by atoms with van der Waals surface area (Å²) in [5.41, 5.74) is 10.3. The Morgan fingerprint density at radius 3 is 2.07 bits per heavy atom. The quantitative estimate of drug-likeness (QED) is 0.185. The summed E-state index contributed by atoms with van der Waals surface area (Å²) < 4.78 is 6.75. The van der Waals surface area contributed by atoms with Crippen molar-refractivity contribution < 1.29 is 0 Å². The van der Waals surface area contributed by atoms with E-state index < -0.39 is 0 Å². The molecule has 5 aromatic carbocycles. The van der Waals surface area contributed by atoms with Gasteiger partial charge in [0.25, 0.3) is 0 Å². The first kappa shape index (κ1) is 27.8. The van der Waals surface area contributed by atoms with Crippen LogP contribution in [0.5, 0.6) is 0 Å². The Morgan fingerprint density at radius 1 is 0.587 bits per heavy atom. The van der Waals surface area contributed by atoms with Gasteiger partial charge in [0.1, 0.15) is 11.5 Å². The Kier molecular flexibility index (Phi) is 6.50. The van der Waals surface area contributed by atoms with Gasteiger partial charge in [-0.3, -0.25) is 4.57 Å².